The number of terminal acetylenes is 1. The van der Waals surface area contributed by atoms with Crippen LogP contribution in [0, 0.1) is 18.3 Å². The maximum Gasteiger partial charge on any atom is 0.317 e. The topological polar surface area (TPSA) is 77.9 Å². The van der Waals surface area contributed by atoms with Gasteiger partial charge in [-0.3, -0.25) is 9.69 Å². The Hall–Kier alpha value is -1.10. The van der Waals surface area contributed by atoms with Crippen molar-refractivity contribution in [3.8, 4) is 12.3 Å². The zero-order valence-corrected chi connectivity index (χ0v) is 11.9. The van der Waals surface area contributed by atoms with Gasteiger partial charge in [-0.15, -0.1) is 6.42 Å². The van der Waals surface area contributed by atoms with E-state index in [1.54, 1.807) is 4.90 Å². The lowest BCUT2D eigenvalue weighted by Gasteiger charge is -2.33. The molecule has 1 aliphatic heterocycles. The summed E-state index contributed by atoms with van der Waals surface area (Å²) in [6.07, 6.45) is 8.11. The van der Waals surface area contributed by atoms with Crippen molar-refractivity contribution in [3.05, 3.63) is 0 Å². The van der Waals surface area contributed by atoms with E-state index >= 15 is 0 Å². The van der Waals surface area contributed by atoms with Gasteiger partial charge in [-0.2, -0.15) is 0 Å². The molecule has 1 aliphatic rings. The number of nitrogens with zero attached hydrogens (tertiary/aromatic N) is 2. The fraction of sp³-hybridized carbons (Fsp3) is 0.750. The number of carboxylic acids is 1. The average Bonchev–Trinajstić information content (AvgIpc) is 2.27. The molecule has 108 valence electrons. The van der Waals surface area contributed by atoms with Crippen molar-refractivity contribution in [2.45, 2.75) is 12.8 Å². The molecule has 1 N–H and O–H groups in total. The van der Waals surface area contributed by atoms with E-state index in [0.717, 1.165) is 12.8 Å². The van der Waals surface area contributed by atoms with Crippen molar-refractivity contribution in [1.29, 1.82) is 0 Å². The summed E-state index contributed by atoms with van der Waals surface area (Å²) >= 11 is 0. The number of rotatable bonds is 6. The maximum absolute atomic E-state index is 11.5. The summed E-state index contributed by atoms with van der Waals surface area (Å²) in [5.74, 6) is 1.65. The number of aliphatic carboxylic acids is 1. The number of hydrogen-bond acceptors (Lipinski definition) is 4. The minimum Gasteiger partial charge on any atom is -0.480 e. The first-order valence-corrected chi connectivity index (χ1v) is 8.00. The van der Waals surface area contributed by atoms with Gasteiger partial charge >= 0.3 is 5.97 Å². The van der Waals surface area contributed by atoms with Crippen LogP contribution >= 0.6 is 0 Å². The quantitative estimate of drug-likeness (QED) is 0.678. The standard InChI is InChI=1S/C12H20N2O4S/c1-3-6-13(10-12(15)16)8-11-5-4-7-14(9-11)19(2,17)18/h1,11H,4-10H2,2H3,(H,15,16). The maximum atomic E-state index is 11.5. The normalized spacial score (nSPS) is 21.2. The molecule has 0 aromatic rings. The number of hydrogen-bond donors (Lipinski definition) is 1. The Balaban J connectivity index is 2.59. The second-order valence-electron chi connectivity index (χ2n) is 4.90. The van der Waals surface area contributed by atoms with Gasteiger partial charge in [0.15, 0.2) is 0 Å². The molecule has 0 radical (unpaired) electrons. The molecule has 7 heteroatoms. The van der Waals surface area contributed by atoms with E-state index in [0.29, 0.717) is 19.6 Å². The van der Waals surface area contributed by atoms with Gasteiger partial charge in [0.05, 0.1) is 19.3 Å². The van der Waals surface area contributed by atoms with Gasteiger partial charge in [0.25, 0.3) is 0 Å². The summed E-state index contributed by atoms with van der Waals surface area (Å²) in [7, 11) is -3.17. The van der Waals surface area contributed by atoms with Crippen LogP contribution < -0.4 is 0 Å². The van der Waals surface area contributed by atoms with E-state index in [-0.39, 0.29) is 19.0 Å². The molecule has 0 amide bonds. The number of sulfonamides is 1. The monoisotopic (exact) mass is 288 g/mol. The zero-order valence-electron chi connectivity index (χ0n) is 11.1. The Morgan fingerprint density at radius 2 is 2.26 bits per heavy atom. The van der Waals surface area contributed by atoms with Gasteiger partial charge < -0.3 is 5.11 Å². The van der Waals surface area contributed by atoms with Crippen molar-refractivity contribution in [3.63, 3.8) is 0 Å². The van der Waals surface area contributed by atoms with Crippen LogP contribution in [-0.2, 0) is 14.8 Å². The summed E-state index contributed by atoms with van der Waals surface area (Å²) in [6.45, 7) is 1.66. The number of piperidine rings is 1. The van der Waals surface area contributed by atoms with E-state index in [1.807, 2.05) is 0 Å². The molecule has 1 rings (SSSR count). The Kier molecular flexibility index (Phi) is 5.79. The van der Waals surface area contributed by atoms with Gasteiger partial charge in [0.1, 0.15) is 0 Å². The second kappa shape index (κ2) is 6.89. The van der Waals surface area contributed by atoms with Gasteiger partial charge in [-0.25, -0.2) is 12.7 Å². The summed E-state index contributed by atoms with van der Waals surface area (Å²) in [5, 5.41) is 8.80. The summed E-state index contributed by atoms with van der Waals surface area (Å²) in [6, 6.07) is 0. The minimum absolute atomic E-state index is 0.112. The van der Waals surface area contributed by atoms with Crippen LogP contribution in [-0.4, -0.2) is 67.7 Å². The average molecular weight is 288 g/mol. The van der Waals surface area contributed by atoms with Crippen LogP contribution in [0.4, 0.5) is 0 Å². The molecular formula is C12H20N2O4S. The molecule has 1 atom stereocenters. The van der Waals surface area contributed by atoms with Crippen LogP contribution in [0.5, 0.6) is 0 Å². The second-order valence-corrected chi connectivity index (χ2v) is 6.88. The van der Waals surface area contributed by atoms with Crippen LogP contribution in [0.1, 0.15) is 12.8 Å². The molecule has 0 saturated carbocycles. The summed E-state index contributed by atoms with van der Waals surface area (Å²) in [4.78, 5) is 12.4. The molecule has 6 nitrogen and oxygen atoms in total. The van der Waals surface area contributed by atoms with Crippen LogP contribution in [0.3, 0.4) is 0 Å². The van der Waals surface area contributed by atoms with Crippen LogP contribution in [0.15, 0.2) is 0 Å². The Labute approximate surface area is 114 Å². The molecule has 0 aromatic carbocycles. The number of carboxylic acid groups (broad SMARTS) is 1. The fourth-order valence-corrected chi connectivity index (χ4v) is 3.29. The third kappa shape index (κ3) is 5.59. The Morgan fingerprint density at radius 3 is 2.79 bits per heavy atom. The largest absolute Gasteiger partial charge is 0.480 e. The first-order valence-electron chi connectivity index (χ1n) is 6.15. The molecule has 0 spiro atoms. The smallest absolute Gasteiger partial charge is 0.317 e. The van der Waals surface area contributed by atoms with E-state index in [4.69, 9.17) is 11.5 Å². The van der Waals surface area contributed by atoms with Crippen LogP contribution in [0.2, 0.25) is 0 Å². The molecule has 0 aromatic heterocycles. The van der Waals surface area contributed by atoms with Gasteiger partial charge in [-0.1, -0.05) is 5.92 Å². The fourth-order valence-electron chi connectivity index (χ4n) is 2.35. The molecular weight excluding hydrogens is 268 g/mol. The van der Waals surface area contributed by atoms with Crippen molar-refractivity contribution in [1.82, 2.24) is 9.21 Å². The predicted molar refractivity (Wildman–Crippen MR) is 72.0 cm³/mol. The highest BCUT2D eigenvalue weighted by atomic mass is 32.2. The summed E-state index contributed by atoms with van der Waals surface area (Å²) in [5.41, 5.74) is 0. The van der Waals surface area contributed by atoms with Gasteiger partial charge in [0.2, 0.25) is 10.0 Å². The molecule has 1 saturated heterocycles. The third-order valence-corrected chi connectivity index (χ3v) is 4.41. The van der Waals surface area contributed by atoms with Crippen molar-refractivity contribution in [2.24, 2.45) is 5.92 Å². The molecule has 1 unspecified atom stereocenters. The van der Waals surface area contributed by atoms with Crippen LogP contribution in [0.25, 0.3) is 0 Å². The lowest BCUT2D eigenvalue weighted by molar-refractivity contribution is -0.138. The van der Waals surface area contributed by atoms with E-state index in [2.05, 4.69) is 5.92 Å². The molecule has 0 bridgehead atoms. The van der Waals surface area contributed by atoms with Crippen molar-refractivity contribution in [2.75, 3.05) is 39.0 Å². The van der Waals surface area contributed by atoms with Gasteiger partial charge in [-0.05, 0) is 18.8 Å². The molecule has 0 aliphatic carbocycles. The lowest BCUT2D eigenvalue weighted by atomic mass is 9.99. The predicted octanol–water partition coefficient (Wildman–Crippen LogP) is -0.322. The first kappa shape index (κ1) is 16.0. The van der Waals surface area contributed by atoms with E-state index in [9.17, 15) is 13.2 Å². The SMILES string of the molecule is C#CCN(CC(=O)O)CC1CCCN(S(C)(=O)=O)C1. The van der Waals surface area contributed by atoms with Gasteiger partial charge in [0, 0.05) is 19.6 Å². The zero-order chi connectivity index (χ0) is 14.5. The first-order chi connectivity index (χ1) is 8.82. The Morgan fingerprint density at radius 1 is 1.58 bits per heavy atom. The highest BCUT2D eigenvalue weighted by molar-refractivity contribution is 7.88. The van der Waals surface area contributed by atoms with E-state index < -0.39 is 16.0 Å². The highest BCUT2D eigenvalue weighted by Gasteiger charge is 2.27. The van der Waals surface area contributed by atoms with E-state index in [1.165, 1.54) is 10.6 Å². The third-order valence-electron chi connectivity index (χ3n) is 3.14. The summed E-state index contributed by atoms with van der Waals surface area (Å²) < 4.78 is 24.5. The minimum atomic E-state index is -3.17. The molecule has 1 heterocycles. The lowest BCUT2D eigenvalue weighted by Crippen LogP contribution is -2.44. The molecule has 1 fully saturated rings. The number of carbonyl (C=O) groups is 1. The van der Waals surface area contributed by atoms with Crippen molar-refractivity contribution < 1.29 is 18.3 Å². The molecule has 19 heavy (non-hydrogen) atoms. The van der Waals surface area contributed by atoms with Crippen molar-refractivity contribution >= 4 is 16.0 Å². The Bertz CT molecular complexity index is 455. The highest BCUT2D eigenvalue weighted by Crippen LogP contribution is 2.19.